The van der Waals surface area contributed by atoms with E-state index in [9.17, 15) is 4.39 Å². The van der Waals surface area contributed by atoms with E-state index in [-0.39, 0.29) is 0 Å². The summed E-state index contributed by atoms with van der Waals surface area (Å²) in [6, 6.07) is 3.49. The minimum absolute atomic E-state index is 0.293. The second-order valence-corrected chi connectivity index (χ2v) is 3.90. The second kappa shape index (κ2) is 6.43. The number of rotatable bonds is 6. The number of halogens is 1. The van der Waals surface area contributed by atoms with Crippen molar-refractivity contribution in [1.82, 2.24) is 9.88 Å². The van der Waals surface area contributed by atoms with Gasteiger partial charge in [-0.15, -0.1) is 0 Å². The number of hydrogen-bond donors (Lipinski definition) is 1. The minimum atomic E-state index is -0.444. The lowest BCUT2D eigenvalue weighted by Gasteiger charge is -2.24. The van der Waals surface area contributed by atoms with Crippen LogP contribution in [0, 0.1) is 5.95 Å². The summed E-state index contributed by atoms with van der Waals surface area (Å²) in [5, 5.41) is 3.26. The van der Waals surface area contributed by atoms with E-state index in [1.807, 2.05) is 0 Å². The van der Waals surface area contributed by atoms with Crippen molar-refractivity contribution in [3.8, 4) is 0 Å². The van der Waals surface area contributed by atoms with Gasteiger partial charge in [0.2, 0.25) is 5.95 Å². The summed E-state index contributed by atoms with van der Waals surface area (Å²) in [4.78, 5) is 5.85. The highest BCUT2D eigenvalue weighted by Crippen LogP contribution is 2.08. The minimum Gasteiger partial charge on any atom is -0.381 e. The van der Waals surface area contributed by atoms with Crippen LogP contribution in [-0.4, -0.2) is 35.6 Å². The van der Waals surface area contributed by atoms with Gasteiger partial charge in [-0.2, -0.15) is 4.39 Å². The zero-order valence-corrected chi connectivity index (χ0v) is 10.2. The number of hydrogen-bond acceptors (Lipinski definition) is 3. The summed E-state index contributed by atoms with van der Waals surface area (Å²) in [6.45, 7) is 9.40. The van der Waals surface area contributed by atoms with Crippen LogP contribution >= 0.6 is 0 Å². The largest absolute Gasteiger partial charge is 0.381 e. The Morgan fingerprint density at radius 2 is 2.12 bits per heavy atom. The first-order chi connectivity index (χ1) is 7.65. The molecule has 16 heavy (non-hydrogen) atoms. The van der Waals surface area contributed by atoms with Crippen LogP contribution in [0.4, 0.5) is 10.1 Å². The summed E-state index contributed by atoms with van der Waals surface area (Å²) in [5.41, 5.74) is 0.784. The lowest BCUT2D eigenvalue weighted by molar-refractivity contribution is 0.295. The Bertz CT molecular complexity index is 313. The van der Waals surface area contributed by atoms with E-state index in [4.69, 9.17) is 0 Å². The molecule has 1 aromatic rings. The van der Waals surface area contributed by atoms with E-state index < -0.39 is 5.95 Å². The summed E-state index contributed by atoms with van der Waals surface area (Å²) < 4.78 is 12.9. The first kappa shape index (κ1) is 12.9. The highest BCUT2D eigenvalue weighted by molar-refractivity contribution is 5.42. The zero-order chi connectivity index (χ0) is 12.0. The fourth-order valence-electron chi connectivity index (χ4n) is 1.69. The molecule has 0 spiro atoms. The number of nitrogens with one attached hydrogen (secondary N) is 1. The molecule has 1 unspecified atom stereocenters. The van der Waals surface area contributed by atoms with Gasteiger partial charge < -0.3 is 10.2 Å². The standard InChI is InChI=1S/C12H20FN3/c1-4-16(5-2)9-10(3)15-11-6-7-14-12(13)8-11/h6-8,10H,4-5,9H2,1-3H3,(H,14,15). The number of nitrogens with zero attached hydrogens (tertiary/aromatic N) is 2. The molecule has 90 valence electrons. The first-order valence-corrected chi connectivity index (χ1v) is 5.76. The van der Waals surface area contributed by atoms with E-state index in [0.29, 0.717) is 6.04 Å². The van der Waals surface area contributed by atoms with Gasteiger partial charge in [-0.25, -0.2) is 4.98 Å². The van der Waals surface area contributed by atoms with Gasteiger partial charge in [0.15, 0.2) is 0 Å². The fraction of sp³-hybridized carbons (Fsp3) is 0.583. The number of pyridine rings is 1. The van der Waals surface area contributed by atoms with Gasteiger partial charge >= 0.3 is 0 Å². The number of anilines is 1. The SMILES string of the molecule is CCN(CC)CC(C)Nc1ccnc(F)c1. The van der Waals surface area contributed by atoms with Gasteiger partial charge in [0.05, 0.1) is 0 Å². The van der Waals surface area contributed by atoms with Gasteiger partial charge in [-0.3, -0.25) is 0 Å². The van der Waals surface area contributed by atoms with E-state index in [1.165, 1.54) is 12.3 Å². The molecule has 4 heteroatoms. The van der Waals surface area contributed by atoms with Crippen molar-refractivity contribution in [2.24, 2.45) is 0 Å². The normalized spacial score (nSPS) is 12.8. The molecule has 0 aliphatic carbocycles. The highest BCUT2D eigenvalue weighted by Gasteiger charge is 2.07. The average Bonchev–Trinajstić information content (AvgIpc) is 2.26. The third-order valence-electron chi connectivity index (χ3n) is 2.57. The molecular formula is C12H20FN3. The van der Waals surface area contributed by atoms with Crippen LogP contribution in [0.2, 0.25) is 0 Å². The molecule has 1 rings (SSSR count). The van der Waals surface area contributed by atoms with Crippen molar-refractivity contribution in [3.05, 3.63) is 24.3 Å². The van der Waals surface area contributed by atoms with Gasteiger partial charge in [-0.05, 0) is 26.1 Å². The van der Waals surface area contributed by atoms with Crippen molar-refractivity contribution in [3.63, 3.8) is 0 Å². The molecule has 0 aromatic carbocycles. The number of aromatic nitrogens is 1. The van der Waals surface area contributed by atoms with E-state index >= 15 is 0 Å². The predicted octanol–water partition coefficient (Wildman–Crippen LogP) is 2.36. The van der Waals surface area contributed by atoms with Crippen LogP contribution in [0.25, 0.3) is 0 Å². The van der Waals surface area contributed by atoms with Crippen LogP contribution in [0.3, 0.4) is 0 Å². The quantitative estimate of drug-likeness (QED) is 0.753. The molecule has 0 saturated carbocycles. The Kier molecular flexibility index (Phi) is 5.19. The molecule has 0 radical (unpaired) electrons. The van der Waals surface area contributed by atoms with Gasteiger partial charge in [0.25, 0.3) is 0 Å². The van der Waals surface area contributed by atoms with Crippen molar-refractivity contribution in [2.75, 3.05) is 25.0 Å². The van der Waals surface area contributed by atoms with E-state index in [2.05, 4.69) is 36.0 Å². The maximum Gasteiger partial charge on any atom is 0.214 e. The molecule has 1 heterocycles. The molecule has 0 amide bonds. The van der Waals surface area contributed by atoms with Gasteiger partial charge in [0.1, 0.15) is 0 Å². The molecular weight excluding hydrogens is 205 g/mol. The third-order valence-corrected chi connectivity index (χ3v) is 2.57. The molecule has 0 fully saturated rings. The summed E-state index contributed by atoms with van der Waals surface area (Å²) in [7, 11) is 0. The van der Waals surface area contributed by atoms with Crippen LogP contribution in [0.15, 0.2) is 18.3 Å². The smallest absolute Gasteiger partial charge is 0.214 e. The molecule has 3 nitrogen and oxygen atoms in total. The van der Waals surface area contributed by atoms with E-state index in [1.54, 1.807) is 6.07 Å². The maximum atomic E-state index is 12.9. The van der Waals surface area contributed by atoms with E-state index in [0.717, 1.165) is 25.3 Å². The second-order valence-electron chi connectivity index (χ2n) is 3.90. The molecule has 0 bridgehead atoms. The molecule has 0 aliphatic rings. The van der Waals surface area contributed by atoms with Crippen molar-refractivity contribution in [1.29, 1.82) is 0 Å². The third kappa shape index (κ3) is 4.14. The summed E-state index contributed by atoms with van der Waals surface area (Å²) in [5.74, 6) is -0.444. The van der Waals surface area contributed by atoms with Gasteiger partial charge in [-0.1, -0.05) is 13.8 Å². The molecule has 0 aliphatic heterocycles. The zero-order valence-electron chi connectivity index (χ0n) is 10.2. The number of likely N-dealkylation sites (N-methyl/N-ethyl adjacent to an activating group) is 1. The van der Waals surface area contributed by atoms with Crippen molar-refractivity contribution in [2.45, 2.75) is 26.8 Å². The Morgan fingerprint density at radius 1 is 1.44 bits per heavy atom. The molecule has 1 aromatic heterocycles. The van der Waals surface area contributed by atoms with Crippen molar-refractivity contribution < 1.29 is 4.39 Å². The molecule has 1 atom stereocenters. The Hall–Kier alpha value is -1.16. The lowest BCUT2D eigenvalue weighted by Crippen LogP contribution is -2.34. The first-order valence-electron chi connectivity index (χ1n) is 5.76. The van der Waals surface area contributed by atoms with Crippen LogP contribution in [0.5, 0.6) is 0 Å². The van der Waals surface area contributed by atoms with Crippen LogP contribution in [-0.2, 0) is 0 Å². The average molecular weight is 225 g/mol. The van der Waals surface area contributed by atoms with Crippen LogP contribution in [0.1, 0.15) is 20.8 Å². The summed E-state index contributed by atoms with van der Waals surface area (Å²) in [6.07, 6.45) is 1.47. The van der Waals surface area contributed by atoms with Crippen LogP contribution < -0.4 is 5.32 Å². The maximum absolute atomic E-state index is 12.9. The monoisotopic (exact) mass is 225 g/mol. The Morgan fingerprint density at radius 3 is 2.69 bits per heavy atom. The van der Waals surface area contributed by atoms with Crippen molar-refractivity contribution >= 4 is 5.69 Å². The summed E-state index contributed by atoms with van der Waals surface area (Å²) >= 11 is 0. The Labute approximate surface area is 96.7 Å². The Balaban J connectivity index is 2.47. The molecule has 0 saturated heterocycles. The van der Waals surface area contributed by atoms with Gasteiger partial charge in [0, 0.05) is 30.5 Å². The fourth-order valence-corrected chi connectivity index (χ4v) is 1.69. The predicted molar refractivity (Wildman–Crippen MR) is 65.1 cm³/mol. The lowest BCUT2D eigenvalue weighted by atomic mass is 10.2. The molecule has 1 N–H and O–H groups in total. The topological polar surface area (TPSA) is 28.2 Å². The highest BCUT2D eigenvalue weighted by atomic mass is 19.1.